The van der Waals surface area contributed by atoms with Crippen LogP contribution in [0.3, 0.4) is 0 Å². The third-order valence-electron chi connectivity index (χ3n) is 4.73. The molecular formula is C24H26N2O3S. The van der Waals surface area contributed by atoms with Gasteiger partial charge in [-0.3, -0.25) is 9.59 Å². The van der Waals surface area contributed by atoms with Gasteiger partial charge in [-0.2, -0.15) is 0 Å². The molecule has 1 N–H and O–H groups in total. The number of nitrogens with zero attached hydrogens (tertiary/aromatic N) is 1. The summed E-state index contributed by atoms with van der Waals surface area (Å²) in [6, 6.07) is 18.1. The van der Waals surface area contributed by atoms with E-state index in [9.17, 15) is 9.59 Å². The predicted octanol–water partition coefficient (Wildman–Crippen LogP) is 4.79. The van der Waals surface area contributed by atoms with Crippen molar-refractivity contribution in [2.24, 2.45) is 0 Å². The van der Waals surface area contributed by atoms with E-state index >= 15 is 0 Å². The van der Waals surface area contributed by atoms with Gasteiger partial charge in [-0.15, -0.1) is 11.3 Å². The molecule has 1 amide bonds. The molecule has 2 aromatic carbocycles. The molecule has 0 saturated carbocycles. The van der Waals surface area contributed by atoms with Gasteiger partial charge in [0.15, 0.2) is 6.61 Å². The van der Waals surface area contributed by atoms with Gasteiger partial charge in [0.1, 0.15) is 5.01 Å². The van der Waals surface area contributed by atoms with E-state index in [-0.39, 0.29) is 25.0 Å². The average Bonchev–Trinajstić information content (AvgIpc) is 3.17. The van der Waals surface area contributed by atoms with Crippen molar-refractivity contribution < 1.29 is 14.3 Å². The average molecular weight is 423 g/mol. The Bertz CT molecular complexity index is 997. The Kier molecular flexibility index (Phi) is 7.36. The van der Waals surface area contributed by atoms with Gasteiger partial charge in [-0.1, -0.05) is 67.1 Å². The van der Waals surface area contributed by atoms with Crippen LogP contribution in [0.5, 0.6) is 0 Å². The van der Waals surface area contributed by atoms with Crippen molar-refractivity contribution in [1.29, 1.82) is 0 Å². The van der Waals surface area contributed by atoms with Crippen LogP contribution in [0.15, 0.2) is 54.6 Å². The summed E-state index contributed by atoms with van der Waals surface area (Å²) in [4.78, 5) is 30.0. The highest BCUT2D eigenvalue weighted by molar-refractivity contribution is 7.18. The minimum Gasteiger partial charge on any atom is -0.455 e. The minimum atomic E-state index is -0.465. The van der Waals surface area contributed by atoms with E-state index in [4.69, 9.17) is 9.72 Å². The SMILES string of the molecule is CC[C@@H](C)NC(=O)COC(=O)Cc1nc(-c2ccccc2)sc1-c1ccc(C)cc1. The van der Waals surface area contributed by atoms with Crippen LogP contribution in [0.2, 0.25) is 0 Å². The Morgan fingerprint density at radius 2 is 1.77 bits per heavy atom. The van der Waals surface area contributed by atoms with E-state index in [2.05, 4.69) is 5.32 Å². The molecular weight excluding hydrogens is 396 g/mol. The number of amides is 1. The fourth-order valence-electron chi connectivity index (χ4n) is 2.86. The molecule has 156 valence electrons. The van der Waals surface area contributed by atoms with Crippen molar-refractivity contribution in [3.05, 3.63) is 65.9 Å². The topological polar surface area (TPSA) is 68.3 Å². The smallest absolute Gasteiger partial charge is 0.312 e. The Balaban J connectivity index is 1.78. The van der Waals surface area contributed by atoms with Crippen LogP contribution in [-0.4, -0.2) is 29.5 Å². The molecule has 0 aliphatic carbocycles. The fraction of sp³-hybridized carbons (Fsp3) is 0.292. The quantitative estimate of drug-likeness (QED) is 0.530. The summed E-state index contributed by atoms with van der Waals surface area (Å²) < 4.78 is 5.19. The van der Waals surface area contributed by atoms with Gasteiger partial charge < -0.3 is 10.1 Å². The van der Waals surface area contributed by atoms with Crippen LogP contribution in [0, 0.1) is 6.92 Å². The van der Waals surface area contributed by atoms with Crippen molar-refractivity contribution in [3.8, 4) is 21.0 Å². The summed E-state index contributed by atoms with van der Waals surface area (Å²) >= 11 is 1.55. The van der Waals surface area contributed by atoms with Crippen molar-refractivity contribution in [2.45, 2.75) is 39.7 Å². The molecule has 6 heteroatoms. The first-order valence-electron chi connectivity index (χ1n) is 10.0. The lowest BCUT2D eigenvalue weighted by Gasteiger charge is -2.11. The lowest BCUT2D eigenvalue weighted by Crippen LogP contribution is -2.35. The molecule has 0 spiro atoms. The summed E-state index contributed by atoms with van der Waals surface area (Å²) in [5.41, 5.74) is 3.84. The molecule has 1 aromatic heterocycles. The van der Waals surface area contributed by atoms with Crippen LogP contribution in [0.4, 0.5) is 0 Å². The van der Waals surface area contributed by atoms with Gasteiger partial charge >= 0.3 is 5.97 Å². The number of aromatic nitrogens is 1. The number of thiazole rings is 1. The van der Waals surface area contributed by atoms with Crippen molar-refractivity contribution in [3.63, 3.8) is 0 Å². The number of nitrogens with one attached hydrogen (secondary N) is 1. The summed E-state index contributed by atoms with van der Waals surface area (Å²) in [5, 5.41) is 3.64. The number of hydrogen-bond acceptors (Lipinski definition) is 5. The third-order valence-corrected chi connectivity index (χ3v) is 5.92. The van der Waals surface area contributed by atoms with Gasteiger partial charge in [0.2, 0.25) is 0 Å². The van der Waals surface area contributed by atoms with Crippen molar-refractivity contribution in [1.82, 2.24) is 10.3 Å². The van der Waals surface area contributed by atoms with Gasteiger partial charge in [0.05, 0.1) is 17.0 Å². The molecule has 0 aliphatic rings. The fourth-order valence-corrected chi connectivity index (χ4v) is 3.95. The van der Waals surface area contributed by atoms with Crippen LogP contribution in [0.25, 0.3) is 21.0 Å². The van der Waals surface area contributed by atoms with Gasteiger partial charge in [-0.05, 0) is 25.8 Å². The first kappa shape index (κ1) is 21.7. The zero-order chi connectivity index (χ0) is 21.5. The molecule has 3 rings (SSSR count). The van der Waals surface area contributed by atoms with E-state index in [1.807, 2.05) is 75.4 Å². The number of rotatable bonds is 8. The maximum Gasteiger partial charge on any atom is 0.312 e. The largest absolute Gasteiger partial charge is 0.455 e. The molecule has 30 heavy (non-hydrogen) atoms. The zero-order valence-corrected chi connectivity index (χ0v) is 18.3. The summed E-state index contributed by atoms with van der Waals surface area (Å²) in [5.74, 6) is -0.757. The van der Waals surface area contributed by atoms with Crippen molar-refractivity contribution >= 4 is 23.2 Å². The summed E-state index contributed by atoms with van der Waals surface area (Å²) in [6.07, 6.45) is 0.837. The third kappa shape index (κ3) is 5.76. The maximum absolute atomic E-state index is 12.4. The zero-order valence-electron chi connectivity index (χ0n) is 17.5. The van der Waals surface area contributed by atoms with E-state index in [0.29, 0.717) is 5.69 Å². The number of carbonyl (C=O) groups excluding carboxylic acids is 2. The number of esters is 1. The normalized spacial score (nSPS) is 11.7. The van der Waals surface area contributed by atoms with Crippen LogP contribution in [0.1, 0.15) is 31.5 Å². The van der Waals surface area contributed by atoms with Gasteiger partial charge in [0, 0.05) is 11.6 Å². The van der Waals surface area contributed by atoms with Crippen LogP contribution >= 0.6 is 11.3 Å². The van der Waals surface area contributed by atoms with Gasteiger partial charge in [-0.25, -0.2) is 4.98 Å². The molecule has 0 saturated heterocycles. The number of carbonyl (C=O) groups is 2. The van der Waals surface area contributed by atoms with Crippen molar-refractivity contribution in [2.75, 3.05) is 6.61 Å². The Hall–Kier alpha value is -2.99. The number of hydrogen-bond donors (Lipinski definition) is 1. The summed E-state index contributed by atoms with van der Waals surface area (Å²) in [6.45, 7) is 5.65. The Morgan fingerprint density at radius 1 is 1.07 bits per heavy atom. The second-order valence-electron chi connectivity index (χ2n) is 7.24. The van der Waals surface area contributed by atoms with Crippen LogP contribution in [-0.2, 0) is 20.7 Å². The number of aryl methyl sites for hydroxylation is 1. The van der Waals surface area contributed by atoms with Crippen LogP contribution < -0.4 is 5.32 Å². The lowest BCUT2D eigenvalue weighted by molar-refractivity contribution is -0.148. The van der Waals surface area contributed by atoms with E-state index in [1.165, 1.54) is 5.56 Å². The molecule has 0 radical (unpaired) electrons. The minimum absolute atomic E-state index is 0.0170. The standard InChI is InChI=1S/C24H26N2O3S/c1-4-17(3)25-21(27)15-29-22(28)14-20-23(18-12-10-16(2)11-13-18)30-24(26-20)19-8-6-5-7-9-19/h5-13,17H,4,14-15H2,1-3H3,(H,25,27)/t17-/m1/s1. The monoisotopic (exact) mass is 422 g/mol. The predicted molar refractivity (Wildman–Crippen MR) is 120 cm³/mol. The second-order valence-corrected chi connectivity index (χ2v) is 8.24. The van der Waals surface area contributed by atoms with E-state index in [1.54, 1.807) is 11.3 Å². The first-order valence-corrected chi connectivity index (χ1v) is 10.8. The molecule has 0 fully saturated rings. The molecule has 1 atom stereocenters. The van der Waals surface area contributed by atoms with E-state index < -0.39 is 5.97 Å². The lowest BCUT2D eigenvalue weighted by atomic mass is 10.1. The number of ether oxygens (including phenoxy) is 1. The van der Waals surface area contributed by atoms with Gasteiger partial charge in [0.25, 0.3) is 5.91 Å². The molecule has 3 aromatic rings. The highest BCUT2D eigenvalue weighted by Crippen LogP contribution is 2.36. The second kappa shape index (κ2) is 10.2. The molecule has 5 nitrogen and oxygen atoms in total. The molecule has 1 heterocycles. The molecule has 0 unspecified atom stereocenters. The first-order chi connectivity index (χ1) is 14.5. The van der Waals surface area contributed by atoms with E-state index in [0.717, 1.165) is 27.4 Å². The molecule has 0 bridgehead atoms. The molecule has 0 aliphatic heterocycles. The maximum atomic E-state index is 12.4. The Morgan fingerprint density at radius 3 is 2.43 bits per heavy atom. The number of benzene rings is 2. The summed E-state index contributed by atoms with van der Waals surface area (Å²) in [7, 11) is 0. The highest BCUT2D eigenvalue weighted by atomic mass is 32.1. The Labute approximate surface area is 181 Å². The highest BCUT2D eigenvalue weighted by Gasteiger charge is 2.19.